The highest BCUT2D eigenvalue weighted by molar-refractivity contribution is 6.76. The van der Waals surface area contributed by atoms with Crippen molar-refractivity contribution in [3.05, 3.63) is 48.0 Å². The van der Waals surface area contributed by atoms with E-state index >= 15 is 0 Å². The fraction of sp³-hybridized carbons (Fsp3) is 0.154. The fourth-order valence-electron chi connectivity index (χ4n) is 1.65. The lowest BCUT2D eigenvalue weighted by Gasteiger charge is -2.14. The van der Waals surface area contributed by atoms with E-state index in [0.29, 0.717) is 0 Å². The Hall–Kier alpha value is -0.960. The zero-order valence-electron chi connectivity index (χ0n) is 9.29. The molecule has 0 saturated carbocycles. The minimum Gasteiger partial charge on any atom is -0.473 e. The predicted molar refractivity (Wildman–Crippen MR) is 76.8 cm³/mol. The molecule has 2 nitrogen and oxygen atoms in total. The molecule has 0 unspecified atom stereocenters. The number of halogens is 3. The maximum Gasteiger partial charge on any atom is 0.265 e. The Balaban J connectivity index is 2.20. The maximum atomic E-state index is 7.48. The van der Waals surface area contributed by atoms with E-state index in [9.17, 15) is 0 Å². The Labute approximate surface area is 120 Å². The van der Waals surface area contributed by atoms with Gasteiger partial charge in [-0.05, 0) is 16.3 Å². The summed E-state index contributed by atoms with van der Waals surface area (Å²) < 4.78 is 3.37. The van der Waals surface area contributed by atoms with E-state index in [2.05, 4.69) is 0 Å². The smallest absolute Gasteiger partial charge is 0.265 e. The molecule has 0 aromatic heterocycles. The van der Waals surface area contributed by atoms with Crippen LogP contribution in [0.25, 0.3) is 10.8 Å². The van der Waals surface area contributed by atoms with Gasteiger partial charge in [0.2, 0.25) is 5.90 Å². The number of rotatable bonds is 2. The van der Waals surface area contributed by atoms with E-state index in [1.54, 1.807) is 0 Å². The molecule has 0 aliphatic rings. The normalized spacial score (nSPS) is 11.5. The summed E-state index contributed by atoms with van der Waals surface area (Å²) in [6.07, 6.45) is 0. The third-order valence-electron chi connectivity index (χ3n) is 2.51. The van der Waals surface area contributed by atoms with Crippen LogP contribution >= 0.6 is 34.8 Å². The van der Waals surface area contributed by atoms with Crippen LogP contribution in [0.2, 0.25) is 0 Å². The van der Waals surface area contributed by atoms with Gasteiger partial charge in [0.1, 0.15) is 6.61 Å². The zero-order chi connectivity index (χ0) is 13.2. The second kappa shape index (κ2) is 5.35. The van der Waals surface area contributed by atoms with Gasteiger partial charge in [0.05, 0.1) is 0 Å². The lowest BCUT2D eigenvalue weighted by atomic mass is 10.1. The summed E-state index contributed by atoms with van der Waals surface area (Å²) in [5.41, 5.74) is 0.951. The first kappa shape index (κ1) is 13.5. The fourth-order valence-corrected chi connectivity index (χ4v) is 1.81. The first-order chi connectivity index (χ1) is 8.48. The molecule has 0 aliphatic heterocycles. The molecule has 0 atom stereocenters. The Morgan fingerprint density at radius 2 is 1.72 bits per heavy atom. The van der Waals surface area contributed by atoms with Gasteiger partial charge in [-0.1, -0.05) is 77.3 Å². The molecule has 0 bridgehead atoms. The number of alkyl halides is 3. The summed E-state index contributed by atoms with van der Waals surface area (Å²) in [7, 11) is 0. The van der Waals surface area contributed by atoms with Crippen LogP contribution in [-0.2, 0) is 11.3 Å². The molecular formula is C13H10Cl3NO. The molecule has 0 heterocycles. The molecule has 0 spiro atoms. The van der Waals surface area contributed by atoms with E-state index in [1.807, 2.05) is 42.5 Å². The quantitative estimate of drug-likeness (QED) is 0.487. The molecule has 2 aromatic rings. The van der Waals surface area contributed by atoms with Gasteiger partial charge in [0.15, 0.2) is 0 Å². The van der Waals surface area contributed by atoms with Crippen molar-refractivity contribution in [2.45, 2.75) is 10.4 Å². The monoisotopic (exact) mass is 301 g/mol. The average molecular weight is 303 g/mol. The van der Waals surface area contributed by atoms with Crippen molar-refractivity contribution >= 4 is 51.5 Å². The Morgan fingerprint density at radius 1 is 1.06 bits per heavy atom. The number of hydrogen-bond acceptors (Lipinski definition) is 2. The highest BCUT2D eigenvalue weighted by Crippen LogP contribution is 2.28. The van der Waals surface area contributed by atoms with Crippen LogP contribution < -0.4 is 0 Å². The third kappa shape index (κ3) is 3.08. The number of ether oxygens (including phenoxy) is 1. The van der Waals surface area contributed by atoms with Crippen molar-refractivity contribution in [1.82, 2.24) is 0 Å². The summed E-state index contributed by atoms with van der Waals surface area (Å²) in [5, 5.41) is 9.66. The topological polar surface area (TPSA) is 33.1 Å². The van der Waals surface area contributed by atoms with Crippen LogP contribution in [0, 0.1) is 5.41 Å². The molecule has 0 amide bonds. The van der Waals surface area contributed by atoms with E-state index in [4.69, 9.17) is 44.9 Å². The summed E-state index contributed by atoms with van der Waals surface area (Å²) in [6.45, 7) is 0.202. The summed E-state index contributed by atoms with van der Waals surface area (Å²) in [4.78, 5) is 0. The van der Waals surface area contributed by atoms with E-state index in [1.165, 1.54) is 0 Å². The molecule has 2 aromatic carbocycles. The van der Waals surface area contributed by atoms with Crippen molar-refractivity contribution in [3.63, 3.8) is 0 Å². The van der Waals surface area contributed by atoms with Crippen molar-refractivity contribution in [2.75, 3.05) is 0 Å². The Morgan fingerprint density at radius 3 is 2.44 bits per heavy atom. The summed E-state index contributed by atoms with van der Waals surface area (Å²) in [6, 6.07) is 13.8. The van der Waals surface area contributed by atoms with Crippen LogP contribution in [-0.4, -0.2) is 9.69 Å². The minimum absolute atomic E-state index is 0.202. The number of benzene rings is 2. The number of nitrogens with one attached hydrogen (secondary N) is 1. The van der Waals surface area contributed by atoms with Crippen LogP contribution in [0.4, 0.5) is 0 Å². The molecule has 0 fully saturated rings. The van der Waals surface area contributed by atoms with Gasteiger partial charge >= 0.3 is 0 Å². The largest absolute Gasteiger partial charge is 0.473 e. The third-order valence-corrected chi connectivity index (χ3v) is 3.02. The van der Waals surface area contributed by atoms with Gasteiger partial charge < -0.3 is 4.74 Å². The highest BCUT2D eigenvalue weighted by Gasteiger charge is 2.28. The molecule has 0 saturated heterocycles. The average Bonchev–Trinajstić information content (AvgIpc) is 2.34. The Kier molecular flexibility index (Phi) is 4.00. The first-order valence-corrected chi connectivity index (χ1v) is 6.37. The molecule has 18 heavy (non-hydrogen) atoms. The first-order valence-electron chi connectivity index (χ1n) is 5.23. The van der Waals surface area contributed by atoms with Crippen molar-refractivity contribution < 1.29 is 4.74 Å². The number of fused-ring (bicyclic) bond motifs is 1. The molecule has 1 N–H and O–H groups in total. The van der Waals surface area contributed by atoms with Gasteiger partial charge in [-0.3, -0.25) is 5.41 Å². The van der Waals surface area contributed by atoms with Gasteiger partial charge in [0.25, 0.3) is 3.79 Å². The molecule has 5 heteroatoms. The highest BCUT2D eigenvalue weighted by atomic mass is 35.6. The van der Waals surface area contributed by atoms with Crippen molar-refractivity contribution in [1.29, 1.82) is 5.41 Å². The second-order valence-electron chi connectivity index (χ2n) is 3.75. The van der Waals surface area contributed by atoms with E-state index < -0.39 is 3.79 Å². The Bertz CT molecular complexity index is 572. The maximum absolute atomic E-state index is 7.48. The van der Waals surface area contributed by atoms with Gasteiger partial charge in [-0.25, -0.2) is 0 Å². The molecule has 0 radical (unpaired) electrons. The standard InChI is InChI=1S/C13H10Cl3NO/c14-13(15,16)12(17)18-8-10-6-3-5-9-4-1-2-7-11(9)10/h1-7,17H,8H2. The van der Waals surface area contributed by atoms with Crippen LogP contribution in [0.5, 0.6) is 0 Å². The lowest BCUT2D eigenvalue weighted by Crippen LogP contribution is -2.20. The van der Waals surface area contributed by atoms with Crippen molar-refractivity contribution in [2.24, 2.45) is 0 Å². The minimum atomic E-state index is -1.81. The predicted octanol–water partition coefficient (Wildman–Crippen LogP) is 4.70. The molecule has 94 valence electrons. The lowest BCUT2D eigenvalue weighted by molar-refractivity contribution is 0.285. The number of hydrogen-bond donors (Lipinski definition) is 1. The van der Waals surface area contributed by atoms with Gasteiger partial charge in [0, 0.05) is 0 Å². The SMILES string of the molecule is N=C(OCc1cccc2ccccc12)C(Cl)(Cl)Cl. The van der Waals surface area contributed by atoms with Gasteiger partial charge in [-0.2, -0.15) is 0 Å². The van der Waals surface area contributed by atoms with Crippen LogP contribution in [0.3, 0.4) is 0 Å². The van der Waals surface area contributed by atoms with Gasteiger partial charge in [-0.15, -0.1) is 0 Å². The molecule has 0 aliphatic carbocycles. The summed E-state index contributed by atoms with van der Waals surface area (Å²) >= 11 is 16.6. The van der Waals surface area contributed by atoms with Crippen molar-refractivity contribution in [3.8, 4) is 0 Å². The van der Waals surface area contributed by atoms with Crippen LogP contribution in [0.15, 0.2) is 42.5 Å². The molecular weight excluding hydrogens is 293 g/mol. The molecule has 2 rings (SSSR count). The zero-order valence-corrected chi connectivity index (χ0v) is 11.6. The van der Waals surface area contributed by atoms with E-state index in [0.717, 1.165) is 16.3 Å². The van der Waals surface area contributed by atoms with Crippen LogP contribution in [0.1, 0.15) is 5.56 Å². The summed E-state index contributed by atoms with van der Waals surface area (Å²) in [5.74, 6) is -0.375. The second-order valence-corrected chi connectivity index (χ2v) is 6.04. The van der Waals surface area contributed by atoms with E-state index in [-0.39, 0.29) is 12.5 Å².